The average molecular weight is 220 g/mol. The highest BCUT2D eigenvalue weighted by molar-refractivity contribution is 6.03. The summed E-state index contributed by atoms with van der Waals surface area (Å²) in [7, 11) is 0. The van der Waals surface area contributed by atoms with Crippen molar-refractivity contribution in [2.24, 2.45) is 0 Å². The number of pyridine rings is 2. The molecule has 0 aliphatic heterocycles. The van der Waals surface area contributed by atoms with E-state index in [9.17, 15) is 0 Å². The summed E-state index contributed by atoms with van der Waals surface area (Å²) in [4.78, 5) is 15.0. The van der Waals surface area contributed by atoms with E-state index in [0.717, 1.165) is 5.39 Å². The van der Waals surface area contributed by atoms with E-state index in [-0.39, 0.29) is 11.5 Å². The summed E-state index contributed by atoms with van der Waals surface area (Å²) in [5, 5.41) is 4.69. The summed E-state index contributed by atoms with van der Waals surface area (Å²) in [6, 6.07) is 3.58. The van der Waals surface area contributed by atoms with Gasteiger partial charge in [-0.15, -0.1) is 0 Å². The lowest BCUT2D eigenvalue weighted by Gasteiger charge is -2.02. The minimum Gasteiger partial charge on any atom is -0.372 e. The van der Waals surface area contributed by atoms with Gasteiger partial charge in [0.1, 0.15) is 0 Å². The largest absolute Gasteiger partial charge is 0.372 e. The molecular formula is C11H4N6. The van der Waals surface area contributed by atoms with Crippen LogP contribution < -0.4 is 0 Å². The van der Waals surface area contributed by atoms with Crippen LogP contribution in [0, 0.1) is 13.1 Å². The van der Waals surface area contributed by atoms with E-state index in [2.05, 4.69) is 24.8 Å². The van der Waals surface area contributed by atoms with Crippen molar-refractivity contribution in [1.82, 2.24) is 19.6 Å². The van der Waals surface area contributed by atoms with Gasteiger partial charge < -0.3 is 4.85 Å². The fourth-order valence-corrected chi connectivity index (χ4v) is 1.76. The van der Waals surface area contributed by atoms with E-state index in [1.807, 2.05) is 6.07 Å². The third kappa shape index (κ3) is 1.09. The number of aromatic nitrogens is 4. The fourth-order valence-electron chi connectivity index (χ4n) is 1.76. The van der Waals surface area contributed by atoms with E-state index in [4.69, 9.17) is 13.1 Å². The van der Waals surface area contributed by atoms with Crippen molar-refractivity contribution >= 4 is 28.1 Å². The second-order valence-electron chi connectivity index (χ2n) is 3.29. The fraction of sp³-hybridized carbons (Fsp3) is 0. The normalized spacial score (nSPS) is 10.2. The van der Waals surface area contributed by atoms with Gasteiger partial charge in [0.05, 0.1) is 17.5 Å². The van der Waals surface area contributed by atoms with E-state index >= 15 is 0 Å². The van der Waals surface area contributed by atoms with Gasteiger partial charge in [-0.1, -0.05) is 11.7 Å². The van der Waals surface area contributed by atoms with Crippen LogP contribution in [-0.4, -0.2) is 19.6 Å². The van der Waals surface area contributed by atoms with Gasteiger partial charge >= 0.3 is 0 Å². The Bertz CT molecular complexity index is 817. The van der Waals surface area contributed by atoms with Crippen LogP contribution in [0.1, 0.15) is 0 Å². The summed E-state index contributed by atoms with van der Waals surface area (Å²) >= 11 is 0. The molecule has 0 unspecified atom stereocenters. The van der Waals surface area contributed by atoms with Crippen LogP contribution in [0.5, 0.6) is 0 Å². The van der Waals surface area contributed by atoms with Crippen LogP contribution in [0.25, 0.3) is 26.2 Å². The van der Waals surface area contributed by atoms with Crippen LogP contribution in [0.4, 0.5) is 11.5 Å². The molecule has 3 aromatic heterocycles. The Morgan fingerprint density at radius 2 is 2.06 bits per heavy atom. The molecule has 3 heterocycles. The summed E-state index contributed by atoms with van der Waals surface area (Å²) in [5.41, 5.74) is 1.26. The predicted molar refractivity (Wildman–Crippen MR) is 60.8 cm³/mol. The Balaban J connectivity index is 2.73. The lowest BCUT2D eigenvalue weighted by molar-refractivity contribution is 0.986. The van der Waals surface area contributed by atoms with Gasteiger partial charge in [0, 0.05) is 6.20 Å². The third-order valence-electron chi connectivity index (χ3n) is 2.45. The van der Waals surface area contributed by atoms with Crippen molar-refractivity contribution in [2.75, 3.05) is 0 Å². The van der Waals surface area contributed by atoms with Gasteiger partial charge in [0.2, 0.25) is 11.3 Å². The Morgan fingerprint density at radius 3 is 2.82 bits per heavy atom. The van der Waals surface area contributed by atoms with Crippen LogP contribution >= 0.6 is 0 Å². The molecule has 0 amide bonds. The molecule has 0 radical (unpaired) electrons. The first-order valence-corrected chi connectivity index (χ1v) is 4.72. The average Bonchev–Trinajstić information content (AvgIpc) is 2.86. The highest BCUT2D eigenvalue weighted by Gasteiger charge is 2.18. The van der Waals surface area contributed by atoms with Crippen molar-refractivity contribution < 1.29 is 0 Å². The van der Waals surface area contributed by atoms with E-state index in [1.165, 1.54) is 10.8 Å². The number of rotatable bonds is 0. The maximum absolute atomic E-state index is 7.18. The minimum absolute atomic E-state index is 0.152. The van der Waals surface area contributed by atoms with Gasteiger partial charge in [-0.25, -0.2) is 4.85 Å². The van der Waals surface area contributed by atoms with Gasteiger partial charge in [0.15, 0.2) is 6.33 Å². The highest BCUT2D eigenvalue weighted by atomic mass is 15.3. The molecule has 6 nitrogen and oxygen atoms in total. The van der Waals surface area contributed by atoms with Crippen molar-refractivity contribution in [3.05, 3.63) is 47.5 Å². The standard InChI is InChI=1S/C11H4N6/c1-12-9-8-7(4-3-5-14-8)10-15-6-16-17(10)11(9)13-2/h3-6H. The monoisotopic (exact) mass is 220 g/mol. The Labute approximate surface area is 95.8 Å². The number of fused-ring (bicyclic) bond motifs is 3. The molecule has 17 heavy (non-hydrogen) atoms. The van der Waals surface area contributed by atoms with Crippen molar-refractivity contribution in [3.8, 4) is 0 Å². The summed E-state index contributed by atoms with van der Waals surface area (Å²) in [6.45, 7) is 14.3. The zero-order valence-corrected chi connectivity index (χ0v) is 8.49. The van der Waals surface area contributed by atoms with Gasteiger partial charge in [-0.3, -0.25) is 4.98 Å². The quantitative estimate of drug-likeness (QED) is 0.546. The van der Waals surface area contributed by atoms with Crippen LogP contribution in [-0.2, 0) is 0 Å². The number of hydrogen-bond acceptors (Lipinski definition) is 3. The number of hydrogen-bond donors (Lipinski definition) is 0. The van der Waals surface area contributed by atoms with Crippen molar-refractivity contribution in [2.45, 2.75) is 0 Å². The second kappa shape index (κ2) is 3.26. The lowest BCUT2D eigenvalue weighted by Crippen LogP contribution is -1.91. The van der Waals surface area contributed by atoms with E-state index in [1.54, 1.807) is 12.3 Å². The maximum Gasteiger partial charge on any atom is 0.263 e. The smallest absolute Gasteiger partial charge is 0.263 e. The molecule has 78 valence electrons. The molecule has 0 saturated carbocycles. The van der Waals surface area contributed by atoms with E-state index < -0.39 is 0 Å². The van der Waals surface area contributed by atoms with E-state index in [0.29, 0.717) is 11.2 Å². The zero-order valence-electron chi connectivity index (χ0n) is 8.49. The summed E-state index contributed by atoms with van der Waals surface area (Å²) in [5.74, 6) is 0.152. The second-order valence-corrected chi connectivity index (χ2v) is 3.29. The molecule has 0 bridgehead atoms. The number of nitrogens with zero attached hydrogens (tertiary/aromatic N) is 6. The predicted octanol–water partition coefficient (Wildman–Crippen LogP) is 2.38. The molecule has 0 spiro atoms. The Hall–Kier alpha value is -2.99. The van der Waals surface area contributed by atoms with Crippen LogP contribution in [0.3, 0.4) is 0 Å². The lowest BCUT2D eigenvalue weighted by atomic mass is 10.2. The summed E-state index contributed by atoms with van der Waals surface area (Å²) < 4.78 is 1.38. The molecule has 0 fully saturated rings. The topological polar surface area (TPSA) is 51.8 Å². The highest BCUT2D eigenvalue weighted by Crippen LogP contribution is 2.36. The first kappa shape index (κ1) is 9.25. The molecule has 0 aliphatic carbocycles. The Kier molecular flexibility index (Phi) is 1.77. The molecule has 0 aromatic carbocycles. The third-order valence-corrected chi connectivity index (χ3v) is 2.45. The van der Waals surface area contributed by atoms with Crippen LogP contribution in [0.2, 0.25) is 0 Å². The molecule has 0 atom stereocenters. The van der Waals surface area contributed by atoms with Crippen molar-refractivity contribution in [1.29, 1.82) is 0 Å². The molecule has 0 aliphatic rings. The molecule has 0 saturated heterocycles. The summed E-state index contributed by atoms with van der Waals surface area (Å²) in [6.07, 6.45) is 2.96. The minimum atomic E-state index is 0.152. The molecule has 6 heteroatoms. The van der Waals surface area contributed by atoms with Gasteiger partial charge in [-0.2, -0.15) is 9.50 Å². The Morgan fingerprint density at radius 1 is 1.18 bits per heavy atom. The maximum atomic E-state index is 7.18. The zero-order chi connectivity index (χ0) is 11.8. The molecule has 0 N–H and O–H groups in total. The van der Waals surface area contributed by atoms with Crippen LogP contribution in [0.15, 0.2) is 24.7 Å². The van der Waals surface area contributed by atoms with Gasteiger partial charge in [-0.05, 0) is 12.1 Å². The van der Waals surface area contributed by atoms with Crippen molar-refractivity contribution in [3.63, 3.8) is 0 Å². The first-order chi connectivity index (χ1) is 8.36. The SMILES string of the molecule is [C-]#[N+]c1c([N+]#[C-])n2ncnc2c2cccnc12. The first-order valence-electron chi connectivity index (χ1n) is 4.72. The van der Waals surface area contributed by atoms with Gasteiger partial charge in [0.25, 0.3) is 5.82 Å². The molecule has 3 rings (SSSR count). The molecule has 3 aromatic rings. The molecular weight excluding hydrogens is 216 g/mol.